The van der Waals surface area contributed by atoms with Crippen molar-refractivity contribution in [2.24, 2.45) is 0 Å². The summed E-state index contributed by atoms with van der Waals surface area (Å²) in [5.74, 6) is 0.932. The maximum Gasteiger partial charge on any atom is 0.291 e. The molecule has 0 saturated heterocycles. The van der Waals surface area contributed by atoms with Gasteiger partial charge in [-0.05, 0) is 59.3 Å². The minimum absolute atomic E-state index is 0.0694. The number of nitrogens with zero attached hydrogens (tertiary/aromatic N) is 1. The summed E-state index contributed by atoms with van der Waals surface area (Å²) in [6.45, 7) is 2.67. The lowest BCUT2D eigenvalue weighted by Crippen LogP contribution is -2.41. The van der Waals surface area contributed by atoms with Crippen molar-refractivity contribution in [1.29, 1.82) is 0 Å². The molecule has 0 aliphatic carbocycles. The Balaban J connectivity index is 1.43. The number of halogens is 1. The fraction of sp³-hybridized carbons (Fsp3) is 0.182. The number of anilines is 2. The summed E-state index contributed by atoms with van der Waals surface area (Å²) in [5, 5.41) is 2.76. The Morgan fingerprint density at radius 3 is 2.70 bits per heavy atom. The van der Waals surface area contributed by atoms with Gasteiger partial charge in [0.15, 0.2) is 17.0 Å². The molecule has 0 spiro atoms. The van der Waals surface area contributed by atoms with Crippen LogP contribution in [0, 0.1) is 6.92 Å². The van der Waals surface area contributed by atoms with E-state index in [1.165, 1.54) is 0 Å². The SMILES string of the molecule is Cc1ccc(OCCN2C(=O)COc3cc(NC(=O)c4ccc(Br)o4)ccc32)cc1. The molecule has 0 radical (unpaired) electrons. The Labute approximate surface area is 181 Å². The molecular weight excluding hydrogens is 452 g/mol. The van der Waals surface area contributed by atoms with Crippen LogP contribution in [-0.2, 0) is 4.79 Å². The average molecular weight is 471 g/mol. The van der Waals surface area contributed by atoms with Crippen molar-refractivity contribution < 1.29 is 23.5 Å². The molecule has 0 fully saturated rings. The van der Waals surface area contributed by atoms with Crippen molar-refractivity contribution in [2.45, 2.75) is 6.92 Å². The third-order valence-electron chi connectivity index (χ3n) is 4.56. The monoisotopic (exact) mass is 470 g/mol. The van der Waals surface area contributed by atoms with Crippen LogP contribution >= 0.6 is 15.9 Å². The lowest BCUT2D eigenvalue weighted by atomic mass is 10.2. The van der Waals surface area contributed by atoms with E-state index in [0.717, 1.165) is 11.3 Å². The third-order valence-corrected chi connectivity index (χ3v) is 4.99. The van der Waals surface area contributed by atoms with Gasteiger partial charge in [0.25, 0.3) is 11.8 Å². The van der Waals surface area contributed by atoms with Gasteiger partial charge in [0.1, 0.15) is 18.1 Å². The van der Waals surface area contributed by atoms with Gasteiger partial charge in [0.2, 0.25) is 0 Å². The lowest BCUT2D eigenvalue weighted by Gasteiger charge is -2.29. The highest BCUT2D eigenvalue weighted by Crippen LogP contribution is 2.34. The number of benzene rings is 2. The summed E-state index contributed by atoms with van der Waals surface area (Å²) in [6, 6.07) is 16.1. The second-order valence-corrected chi connectivity index (χ2v) is 7.52. The predicted octanol–water partition coefficient (Wildman–Crippen LogP) is 4.41. The average Bonchev–Trinajstić information content (AvgIpc) is 3.17. The third kappa shape index (κ3) is 4.49. The number of furan rings is 1. The smallest absolute Gasteiger partial charge is 0.291 e. The van der Waals surface area contributed by atoms with Gasteiger partial charge in [-0.25, -0.2) is 0 Å². The van der Waals surface area contributed by atoms with Crippen molar-refractivity contribution in [3.63, 3.8) is 0 Å². The molecule has 2 heterocycles. The Bertz CT molecular complexity index is 1080. The van der Waals surface area contributed by atoms with Crippen LogP contribution < -0.4 is 19.7 Å². The molecule has 1 aromatic heterocycles. The van der Waals surface area contributed by atoms with Crippen molar-refractivity contribution in [3.8, 4) is 11.5 Å². The zero-order valence-corrected chi connectivity index (χ0v) is 17.8. The molecule has 3 aromatic rings. The summed E-state index contributed by atoms with van der Waals surface area (Å²) in [6.07, 6.45) is 0. The maximum atomic E-state index is 12.4. The van der Waals surface area contributed by atoms with E-state index in [9.17, 15) is 9.59 Å². The fourth-order valence-electron chi connectivity index (χ4n) is 3.05. The number of rotatable bonds is 6. The first-order valence-corrected chi connectivity index (χ1v) is 10.1. The number of fused-ring (bicyclic) bond motifs is 1. The number of hydrogen-bond donors (Lipinski definition) is 1. The summed E-state index contributed by atoms with van der Waals surface area (Å²) in [4.78, 5) is 26.2. The van der Waals surface area contributed by atoms with Gasteiger partial charge < -0.3 is 24.1 Å². The molecule has 2 amide bonds. The van der Waals surface area contributed by atoms with Crippen LogP contribution in [0.25, 0.3) is 0 Å². The number of aryl methyl sites for hydroxylation is 1. The lowest BCUT2D eigenvalue weighted by molar-refractivity contribution is -0.121. The molecule has 1 aliphatic rings. The second kappa shape index (κ2) is 8.62. The molecule has 8 heteroatoms. The minimum Gasteiger partial charge on any atom is -0.492 e. The van der Waals surface area contributed by atoms with Gasteiger partial charge in [-0.2, -0.15) is 0 Å². The molecule has 1 aliphatic heterocycles. The van der Waals surface area contributed by atoms with E-state index in [0.29, 0.717) is 34.9 Å². The van der Waals surface area contributed by atoms with E-state index in [1.807, 2.05) is 31.2 Å². The highest BCUT2D eigenvalue weighted by molar-refractivity contribution is 9.10. The molecule has 154 valence electrons. The van der Waals surface area contributed by atoms with Gasteiger partial charge in [-0.1, -0.05) is 17.7 Å². The summed E-state index contributed by atoms with van der Waals surface area (Å²) in [5.41, 5.74) is 2.33. The number of ether oxygens (including phenoxy) is 2. The van der Waals surface area contributed by atoms with Crippen LogP contribution in [-0.4, -0.2) is 31.6 Å². The minimum atomic E-state index is -0.379. The zero-order chi connectivity index (χ0) is 21.1. The first-order valence-electron chi connectivity index (χ1n) is 9.33. The zero-order valence-electron chi connectivity index (χ0n) is 16.2. The Morgan fingerprint density at radius 2 is 1.97 bits per heavy atom. The van der Waals surface area contributed by atoms with Gasteiger partial charge in [-0.15, -0.1) is 0 Å². The number of amides is 2. The Hall–Kier alpha value is -3.26. The van der Waals surface area contributed by atoms with Crippen LogP contribution in [0.15, 0.2) is 63.7 Å². The summed E-state index contributed by atoms with van der Waals surface area (Å²) >= 11 is 3.17. The maximum absolute atomic E-state index is 12.4. The standard InChI is InChI=1S/C22H19BrN2O5/c1-14-2-5-16(6-3-14)28-11-10-25-17-7-4-15(12-19(17)29-13-21(25)26)24-22(27)18-8-9-20(23)30-18/h2-9,12H,10-11,13H2,1H3,(H,24,27). The molecule has 0 saturated carbocycles. The largest absolute Gasteiger partial charge is 0.492 e. The Kier molecular flexibility index (Phi) is 5.76. The molecule has 0 unspecified atom stereocenters. The van der Waals surface area contributed by atoms with E-state index >= 15 is 0 Å². The quantitative estimate of drug-likeness (QED) is 0.576. The van der Waals surface area contributed by atoms with E-state index < -0.39 is 0 Å². The molecule has 30 heavy (non-hydrogen) atoms. The normalized spacial score (nSPS) is 12.9. The van der Waals surface area contributed by atoms with E-state index in [1.54, 1.807) is 35.2 Å². The molecule has 7 nitrogen and oxygen atoms in total. The highest BCUT2D eigenvalue weighted by Gasteiger charge is 2.26. The van der Waals surface area contributed by atoms with Crippen molar-refractivity contribution in [1.82, 2.24) is 0 Å². The first kappa shape index (κ1) is 20.0. The van der Waals surface area contributed by atoms with Crippen molar-refractivity contribution in [3.05, 3.63) is 70.6 Å². The van der Waals surface area contributed by atoms with Gasteiger partial charge in [-0.3, -0.25) is 9.59 Å². The molecule has 2 aromatic carbocycles. The van der Waals surface area contributed by atoms with Crippen molar-refractivity contribution >= 4 is 39.1 Å². The van der Waals surface area contributed by atoms with Crippen LogP contribution in [0.3, 0.4) is 0 Å². The molecule has 0 atom stereocenters. The highest BCUT2D eigenvalue weighted by atomic mass is 79.9. The fourth-order valence-corrected chi connectivity index (χ4v) is 3.35. The molecule has 1 N–H and O–H groups in total. The number of carbonyl (C=O) groups is 2. The molecular formula is C22H19BrN2O5. The first-order chi connectivity index (χ1) is 14.5. The van der Waals surface area contributed by atoms with Gasteiger partial charge in [0.05, 0.1) is 12.2 Å². The van der Waals surface area contributed by atoms with Crippen LogP contribution in [0.2, 0.25) is 0 Å². The number of nitrogens with one attached hydrogen (secondary N) is 1. The summed E-state index contributed by atoms with van der Waals surface area (Å²) < 4.78 is 17.0. The van der Waals surface area contributed by atoms with E-state index in [2.05, 4.69) is 21.2 Å². The van der Waals surface area contributed by atoms with Crippen LogP contribution in [0.5, 0.6) is 11.5 Å². The summed E-state index contributed by atoms with van der Waals surface area (Å²) in [7, 11) is 0. The molecule has 4 rings (SSSR count). The van der Waals surface area contributed by atoms with E-state index in [-0.39, 0.29) is 24.2 Å². The van der Waals surface area contributed by atoms with E-state index in [4.69, 9.17) is 13.9 Å². The Morgan fingerprint density at radius 1 is 1.17 bits per heavy atom. The predicted molar refractivity (Wildman–Crippen MR) is 115 cm³/mol. The van der Waals surface area contributed by atoms with Gasteiger partial charge in [0, 0.05) is 11.8 Å². The topological polar surface area (TPSA) is 81.0 Å². The van der Waals surface area contributed by atoms with Gasteiger partial charge >= 0.3 is 0 Å². The molecule has 0 bridgehead atoms. The van der Waals surface area contributed by atoms with Crippen molar-refractivity contribution in [2.75, 3.05) is 30.0 Å². The number of carbonyl (C=O) groups excluding carboxylic acids is 2. The van der Waals surface area contributed by atoms with Crippen LogP contribution in [0.4, 0.5) is 11.4 Å². The van der Waals surface area contributed by atoms with Crippen LogP contribution in [0.1, 0.15) is 16.1 Å². The second-order valence-electron chi connectivity index (χ2n) is 6.74. The number of hydrogen-bond acceptors (Lipinski definition) is 5.